The highest BCUT2D eigenvalue weighted by Gasteiger charge is 2.08. The number of aryl methyl sites for hydroxylation is 1. The predicted octanol–water partition coefficient (Wildman–Crippen LogP) is 3.57. The number of amides is 2. The first-order chi connectivity index (χ1) is 12.6. The van der Waals surface area contributed by atoms with Crippen LogP contribution in [0.5, 0.6) is 0 Å². The molecule has 0 bridgehead atoms. The number of benzene rings is 2. The van der Waals surface area contributed by atoms with Gasteiger partial charge in [0.2, 0.25) is 0 Å². The van der Waals surface area contributed by atoms with Crippen molar-refractivity contribution in [3.63, 3.8) is 0 Å². The van der Waals surface area contributed by atoms with Gasteiger partial charge in [-0.05, 0) is 54.4 Å². The molecule has 26 heavy (non-hydrogen) atoms. The molecule has 0 unspecified atom stereocenters. The van der Waals surface area contributed by atoms with Crippen LogP contribution in [0.1, 0.15) is 31.8 Å². The normalized spacial score (nSPS) is 10.2. The lowest BCUT2D eigenvalue weighted by atomic mass is 10.1. The molecule has 5 nitrogen and oxygen atoms in total. The van der Waals surface area contributed by atoms with Gasteiger partial charge in [0.15, 0.2) is 0 Å². The van der Waals surface area contributed by atoms with Crippen molar-refractivity contribution >= 4 is 17.6 Å². The summed E-state index contributed by atoms with van der Waals surface area (Å²) in [5, 5.41) is 5.63. The first-order valence-corrected chi connectivity index (χ1v) is 8.28. The third kappa shape index (κ3) is 4.54. The lowest BCUT2D eigenvalue weighted by molar-refractivity contribution is 0.0949. The SMILES string of the molecule is Cc1ccnc(NC(=O)c2ccc(CNC(=O)c3ccccc3)cc2)c1. The summed E-state index contributed by atoms with van der Waals surface area (Å²) in [6.07, 6.45) is 1.66. The predicted molar refractivity (Wildman–Crippen MR) is 101 cm³/mol. The summed E-state index contributed by atoms with van der Waals surface area (Å²) in [5.41, 5.74) is 3.10. The van der Waals surface area contributed by atoms with E-state index in [1.807, 2.05) is 49.4 Å². The number of anilines is 1. The first-order valence-electron chi connectivity index (χ1n) is 8.28. The topological polar surface area (TPSA) is 71.1 Å². The van der Waals surface area contributed by atoms with Crippen molar-refractivity contribution in [2.24, 2.45) is 0 Å². The maximum Gasteiger partial charge on any atom is 0.256 e. The molecule has 0 aliphatic carbocycles. The lowest BCUT2D eigenvalue weighted by Gasteiger charge is -2.08. The number of carbonyl (C=O) groups is 2. The minimum atomic E-state index is -0.219. The van der Waals surface area contributed by atoms with Gasteiger partial charge >= 0.3 is 0 Å². The Morgan fingerprint density at radius 2 is 1.58 bits per heavy atom. The van der Waals surface area contributed by atoms with Crippen molar-refractivity contribution in [2.45, 2.75) is 13.5 Å². The number of hydrogen-bond acceptors (Lipinski definition) is 3. The van der Waals surface area contributed by atoms with Gasteiger partial charge in [0.25, 0.3) is 11.8 Å². The third-order valence-corrected chi connectivity index (χ3v) is 3.86. The van der Waals surface area contributed by atoms with Gasteiger partial charge in [0.05, 0.1) is 0 Å². The van der Waals surface area contributed by atoms with Crippen LogP contribution in [-0.2, 0) is 6.54 Å². The van der Waals surface area contributed by atoms with Gasteiger partial charge in [-0.15, -0.1) is 0 Å². The van der Waals surface area contributed by atoms with Gasteiger partial charge in [-0.1, -0.05) is 30.3 Å². The van der Waals surface area contributed by atoms with Crippen LogP contribution in [0.3, 0.4) is 0 Å². The molecule has 0 radical (unpaired) electrons. The fraction of sp³-hybridized carbons (Fsp3) is 0.0952. The van der Waals surface area contributed by atoms with Crippen molar-refractivity contribution in [1.82, 2.24) is 10.3 Å². The van der Waals surface area contributed by atoms with E-state index >= 15 is 0 Å². The van der Waals surface area contributed by atoms with Gasteiger partial charge in [-0.3, -0.25) is 9.59 Å². The number of aromatic nitrogens is 1. The molecule has 2 aromatic carbocycles. The van der Waals surface area contributed by atoms with Crippen LogP contribution in [0, 0.1) is 6.92 Å². The zero-order valence-electron chi connectivity index (χ0n) is 14.4. The Morgan fingerprint density at radius 3 is 2.27 bits per heavy atom. The van der Waals surface area contributed by atoms with Crippen LogP contribution in [0.2, 0.25) is 0 Å². The summed E-state index contributed by atoms with van der Waals surface area (Å²) in [7, 11) is 0. The van der Waals surface area contributed by atoms with Crippen LogP contribution < -0.4 is 10.6 Å². The fourth-order valence-electron chi connectivity index (χ4n) is 2.44. The van der Waals surface area contributed by atoms with Gasteiger partial charge in [0.1, 0.15) is 5.82 Å². The van der Waals surface area contributed by atoms with Crippen LogP contribution >= 0.6 is 0 Å². The summed E-state index contributed by atoms with van der Waals surface area (Å²) in [6, 6.07) is 19.8. The Kier molecular flexibility index (Phi) is 5.39. The van der Waals surface area contributed by atoms with Crippen molar-refractivity contribution < 1.29 is 9.59 Å². The van der Waals surface area contributed by atoms with Crippen molar-refractivity contribution in [1.29, 1.82) is 0 Å². The molecule has 0 saturated heterocycles. The average Bonchev–Trinajstić information content (AvgIpc) is 2.67. The van der Waals surface area contributed by atoms with E-state index in [9.17, 15) is 9.59 Å². The van der Waals surface area contributed by atoms with E-state index in [1.54, 1.807) is 30.5 Å². The standard InChI is InChI=1S/C21H19N3O2/c1-15-11-12-22-19(13-15)24-21(26)18-9-7-16(8-10-18)14-23-20(25)17-5-3-2-4-6-17/h2-13H,14H2,1H3,(H,23,25)(H,22,24,26). The van der Waals surface area contributed by atoms with Gasteiger partial charge < -0.3 is 10.6 Å². The molecular formula is C21H19N3O2. The molecule has 0 spiro atoms. The fourth-order valence-corrected chi connectivity index (χ4v) is 2.44. The molecule has 5 heteroatoms. The molecule has 0 aliphatic rings. The number of pyridine rings is 1. The van der Waals surface area contributed by atoms with Gasteiger partial charge in [0, 0.05) is 23.9 Å². The second kappa shape index (κ2) is 8.07. The third-order valence-electron chi connectivity index (χ3n) is 3.86. The molecule has 2 N–H and O–H groups in total. The Hall–Kier alpha value is -3.47. The zero-order valence-corrected chi connectivity index (χ0v) is 14.4. The van der Waals surface area contributed by atoms with Crippen LogP contribution in [0.15, 0.2) is 72.9 Å². The average molecular weight is 345 g/mol. The second-order valence-electron chi connectivity index (χ2n) is 5.92. The van der Waals surface area contributed by atoms with E-state index in [0.717, 1.165) is 11.1 Å². The molecule has 3 rings (SSSR count). The Morgan fingerprint density at radius 1 is 0.885 bits per heavy atom. The molecule has 1 aromatic heterocycles. The molecule has 0 saturated carbocycles. The number of carbonyl (C=O) groups excluding carboxylic acids is 2. The van der Waals surface area contributed by atoms with E-state index in [1.165, 1.54) is 0 Å². The zero-order chi connectivity index (χ0) is 18.4. The summed E-state index contributed by atoms with van der Waals surface area (Å²) in [4.78, 5) is 28.4. The molecule has 2 amide bonds. The maximum atomic E-state index is 12.3. The van der Waals surface area contributed by atoms with Crippen molar-refractivity contribution in [3.8, 4) is 0 Å². The maximum absolute atomic E-state index is 12.3. The quantitative estimate of drug-likeness (QED) is 0.742. The smallest absolute Gasteiger partial charge is 0.256 e. The van der Waals surface area contributed by atoms with Gasteiger partial charge in [-0.25, -0.2) is 4.98 Å². The monoisotopic (exact) mass is 345 g/mol. The minimum Gasteiger partial charge on any atom is -0.348 e. The van der Waals surface area contributed by atoms with E-state index in [4.69, 9.17) is 0 Å². The first kappa shape index (κ1) is 17.4. The van der Waals surface area contributed by atoms with E-state index in [2.05, 4.69) is 15.6 Å². The Bertz CT molecular complexity index is 906. The highest BCUT2D eigenvalue weighted by atomic mass is 16.2. The Balaban J connectivity index is 1.58. The highest BCUT2D eigenvalue weighted by Crippen LogP contribution is 2.10. The van der Waals surface area contributed by atoms with E-state index in [0.29, 0.717) is 23.5 Å². The van der Waals surface area contributed by atoms with Crippen LogP contribution in [-0.4, -0.2) is 16.8 Å². The van der Waals surface area contributed by atoms with Crippen LogP contribution in [0.4, 0.5) is 5.82 Å². The summed E-state index contributed by atoms with van der Waals surface area (Å²) in [5.74, 6) is 0.176. The molecule has 3 aromatic rings. The van der Waals surface area contributed by atoms with Gasteiger partial charge in [-0.2, -0.15) is 0 Å². The number of rotatable bonds is 5. The molecule has 0 aliphatic heterocycles. The molecule has 130 valence electrons. The van der Waals surface area contributed by atoms with Crippen molar-refractivity contribution in [3.05, 3.63) is 95.2 Å². The summed E-state index contributed by atoms with van der Waals surface area (Å²) in [6.45, 7) is 2.34. The highest BCUT2D eigenvalue weighted by molar-refractivity contribution is 6.03. The van der Waals surface area contributed by atoms with E-state index < -0.39 is 0 Å². The molecule has 1 heterocycles. The summed E-state index contributed by atoms with van der Waals surface area (Å²) >= 11 is 0. The lowest BCUT2D eigenvalue weighted by Crippen LogP contribution is -2.22. The van der Waals surface area contributed by atoms with Crippen LogP contribution in [0.25, 0.3) is 0 Å². The molecular weight excluding hydrogens is 326 g/mol. The van der Waals surface area contributed by atoms with Crippen molar-refractivity contribution in [2.75, 3.05) is 5.32 Å². The Labute approximate surface area is 152 Å². The number of nitrogens with zero attached hydrogens (tertiary/aromatic N) is 1. The molecule has 0 fully saturated rings. The van der Waals surface area contributed by atoms with E-state index in [-0.39, 0.29) is 11.8 Å². The number of hydrogen-bond donors (Lipinski definition) is 2. The minimum absolute atomic E-state index is 0.127. The molecule has 0 atom stereocenters. The largest absolute Gasteiger partial charge is 0.348 e. The second-order valence-corrected chi connectivity index (χ2v) is 5.92. The summed E-state index contributed by atoms with van der Waals surface area (Å²) < 4.78 is 0. The number of nitrogens with one attached hydrogen (secondary N) is 2.